The molecular weight excluding hydrogens is 304 g/mol. The summed E-state index contributed by atoms with van der Waals surface area (Å²) in [6.45, 7) is 3.18. The van der Waals surface area contributed by atoms with Crippen LogP contribution in [0, 0.1) is 5.92 Å². The summed E-state index contributed by atoms with van der Waals surface area (Å²) in [7, 11) is 0. The van der Waals surface area contributed by atoms with Crippen molar-refractivity contribution in [1.82, 2.24) is 21.1 Å². The number of hydrazine groups is 1. The van der Waals surface area contributed by atoms with E-state index in [1.165, 1.54) is 0 Å². The molecule has 3 N–H and O–H groups in total. The minimum absolute atomic E-state index is 0.000548. The number of nitrogens with zero attached hydrogens (tertiary/aromatic N) is 1. The number of likely N-dealkylation sites (tertiary alicyclic amines) is 1. The summed E-state index contributed by atoms with van der Waals surface area (Å²) in [5.41, 5.74) is 4.46. The molecule has 2 saturated heterocycles. The van der Waals surface area contributed by atoms with Gasteiger partial charge in [-0.2, -0.15) is 0 Å². The Kier molecular flexibility index (Phi) is 5.78. The Morgan fingerprint density at radius 3 is 2.39 bits per heavy atom. The highest BCUT2D eigenvalue weighted by Gasteiger charge is 2.33. The lowest BCUT2D eigenvalue weighted by molar-refractivity contribution is -0.128. The molecule has 0 bridgehead atoms. The SMILES string of the molecule is CCOC(=O)N1CCC(NC(=O)CCC2C(=O)NNC2=O)CC1. The second-order valence-corrected chi connectivity index (χ2v) is 5.60. The van der Waals surface area contributed by atoms with Crippen molar-refractivity contribution in [1.29, 1.82) is 0 Å². The van der Waals surface area contributed by atoms with Crippen molar-refractivity contribution in [2.45, 2.75) is 38.6 Å². The highest BCUT2D eigenvalue weighted by Crippen LogP contribution is 2.14. The van der Waals surface area contributed by atoms with Gasteiger partial charge < -0.3 is 15.0 Å². The Hall–Kier alpha value is -2.32. The van der Waals surface area contributed by atoms with Crippen LogP contribution in [-0.2, 0) is 19.1 Å². The third-order valence-corrected chi connectivity index (χ3v) is 3.99. The average molecular weight is 326 g/mol. The minimum atomic E-state index is -0.800. The molecule has 0 radical (unpaired) electrons. The number of piperidine rings is 1. The quantitative estimate of drug-likeness (QED) is 0.577. The number of ether oxygens (including phenoxy) is 1. The molecule has 0 spiro atoms. The standard InChI is InChI=1S/C14H22N4O5/c1-2-23-14(22)18-7-5-9(6-8-18)15-11(19)4-3-10-12(20)16-17-13(10)21/h9-10H,2-8H2,1H3,(H,15,19)(H,16,20)(H,17,21). The van der Waals surface area contributed by atoms with Crippen LogP contribution in [0.1, 0.15) is 32.6 Å². The summed E-state index contributed by atoms with van der Waals surface area (Å²) in [5.74, 6) is -1.78. The van der Waals surface area contributed by atoms with Crippen molar-refractivity contribution >= 4 is 23.8 Å². The Labute approximate surface area is 134 Å². The van der Waals surface area contributed by atoms with Crippen molar-refractivity contribution in [2.24, 2.45) is 5.92 Å². The summed E-state index contributed by atoms with van der Waals surface area (Å²) in [6, 6.07) is -0.000548. The van der Waals surface area contributed by atoms with Gasteiger partial charge >= 0.3 is 6.09 Å². The first-order valence-corrected chi connectivity index (χ1v) is 7.82. The number of hydrogen-bond acceptors (Lipinski definition) is 5. The van der Waals surface area contributed by atoms with E-state index in [4.69, 9.17) is 4.74 Å². The zero-order chi connectivity index (χ0) is 16.8. The maximum Gasteiger partial charge on any atom is 0.409 e. The minimum Gasteiger partial charge on any atom is -0.450 e. The molecule has 2 rings (SSSR count). The van der Waals surface area contributed by atoms with Crippen LogP contribution in [0.15, 0.2) is 0 Å². The fourth-order valence-corrected chi connectivity index (χ4v) is 2.68. The first kappa shape index (κ1) is 17.0. The second kappa shape index (κ2) is 7.80. The predicted molar refractivity (Wildman–Crippen MR) is 78.8 cm³/mol. The van der Waals surface area contributed by atoms with Crippen molar-refractivity contribution in [3.8, 4) is 0 Å². The zero-order valence-corrected chi connectivity index (χ0v) is 13.1. The Morgan fingerprint density at radius 2 is 1.83 bits per heavy atom. The second-order valence-electron chi connectivity index (χ2n) is 5.60. The molecule has 9 nitrogen and oxygen atoms in total. The van der Waals surface area contributed by atoms with Gasteiger partial charge in [-0.1, -0.05) is 0 Å². The lowest BCUT2D eigenvalue weighted by atomic mass is 10.0. The van der Waals surface area contributed by atoms with E-state index >= 15 is 0 Å². The van der Waals surface area contributed by atoms with E-state index in [1.54, 1.807) is 11.8 Å². The first-order valence-electron chi connectivity index (χ1n) is 7.82. The van der Waals surface area contributed by atoms with E-state index in [-0.39, 0.29) is 30.9 Å². The van der Waals surface area contributed by atoms with Gasteiger partial charge in [-0.05, 0) is 26.2 Å². The molecule has 0 saturated carbocycles. The van der Waals surface area contributed by atoms with Crippen LogP contribution >= 0.6 is 0 Å². The predicted octanol–water partition coefficient (Wildman–Crippen LogP) is -0.719. The molecule has 4 amide bonds. The number of nitrogens with one attached hydrogen (secondary N) is 3. The Balaban J connectivity index is 1.68. The summed E-state index contributed by atoms with van der Waals surface area (Å²) in [5, 5.41) is 2.88. The van der Waals surface area contributed by atoms with Crippen molar-refractivity contribution < 1.29 is 23.9 Å². The Bertz CT molecular complexity index is 472. The lowest BCUT2D eigenvalue weighted by Gasteiger charge is -2.31. The molecule has 0 aromatic carbocycles. The van der Waals surface area contributed by atoms with Gasteiger partial charge in [0.25, 0.3) is 11.8 Å². The van der Waals surface area contributed by atoms with E-state index in [0.29, 0.717) is 32.5 Å². The number of rotatable bonds is 5. The van der Waals surface area contributed by atoms with Crippen LogP contribution in [0.25, 0.3) is 0 Å². The van der Waals surface area contributed by atoms with Crippen molar-refractivity contribution in [3.05, 3.63) is 0 Å². The monoisotopic (exact) mass is 326 g/mol. The van der Waals surface area contributed by atoms with Gasteiger partial charge in [-0.25, -0.2) is 4.79 Å². The van der Waals surface area contributed by atoms with Crippen LogP contribution in [0.5, 0.6) is 0 Å². The van der Waals surface area contributed by atoms with Gasteiger partial charge in [0.05, 0.1) is 6.61 Å². The molecule has 0 aromatic rings. The molecule has 2 heterocycles. The molecule has 2 aliphatic rings. The van der Waals surface area contributed by atoms with Crippen molar-refractivity contribution in [2.75, 3.05) is 19.7 Å². The molecule has 0 aliphatic carbocycles. The molecule has 0 unspecified atom stereocenters. The molecule has 0 aromatic heterocycles. The van der Waals surface area contributed by atoms with E-state index < -0.39 is 17.7 Å². The third kappa shape index (κ3) is 4.57. The molecule has 9 heteroatoms. The van der Waals surface area contributed by atoms with Gasteiger partial charge in [0.15, 0.2) is 0 Å². The topological polar surface area (TPSA) is 117 Å². The summed E-state index contributed by atoms with van der Waals surface area (Å²) in [6.07, 6.45) is 1.30. The average Bonchev–Trinajstić information content (AvgIpc) is 2.85. The highest BCUT2D eigenvalue weighted by molar-refractivity contribution is 6.05. The van der Waals surface area contributed by atoms with Gasteiger partial charge in [0.1, 0.15) is 5.92 Å². The van der Waals surface area contributed by atoms with Gasteiger partial charge in [-0.3, -0.25) is 25.2 Å². The fourth-order valence-electron chi connectivity index (χ4n) is 2.68. The largest absolute Gasteiger partial charge is 0.450 e. The summed E-state index contributed by atoms with van der Waals surface area (Å²) < 4.78 is 4.94. The van der Waals surface area contributed by atoms with Crippen LogP contribution < -0.4 is 16.2 Å². The lowest BCUT2D eigenvalue weighted by Crippen LogP contribution is -2.46. The van der Waals surface area contributed by atoms with Gasteiger partial charge in [-0.15, -0.1) is 0 Å². The molecular formula is C14H22N4O5. The summed E-state index contributed by atoms with van der Waals surface area (Å²) in [4.78, 5) is 47.9. The molecule has 0 atom stereocenters. The first-order chi connectivity index (χ1) is 11.0. The number of hydrogen-bond donors (Lipinski definition) is 3. The van der Waals surface area contributed by atoms with Crippen LogP contribution in [0.4, 0.5) is 4.79 Å². The molecule has 2 aliphatic heterocycles. The number of carbonyl (C=O) groups is 4. The highest BCUT2D eigenvalue weighted by atomic mass is 16.6. The third-order valence-electron chi connectivity index (χ3n) is 3.99. The molecule has 128 valence electrons. The van der Waals surface area contributed by atoms with Crippen LogP contribution in [-0.4, -0.2) is 54.5 Å². The molecule has 23 heavy (non-hydrogen) atoms. The van der Waals surface area contributed by atoms with Gasteiger partial charge in [0.2, 0.25) is 5.91 Å². The maximum atomic E-state index is 11.9. The van der Waals surface area contributed by atoms with E-state index in [9.17, 15) is 19.2 Å². The summed E-state index contributed by atoms with van der Waals surface area (Å²) >= 11 is 0. The van der Waals surface area contributed by atoms with Crippen LogP contribution in [0.3, 0.4) is 0 Å². The van der Waals surface area contributed by atoms with E-state index in [0.717, 1.165) is 0 Å². The van der Waals surface area contributed by atoms with E-state index in [1.807, 2.05) is 0 Å². The van der Waals surface area contributed by atoms with Crippen LogP contribution in [0.2, 0.25) is 0 Å². The Morgan fingerprint density at radius 1 is 1.22 bits per heavy atom. The number of carbonyl (C=O) groups excluding carboxylic acids is 4. The van der Waals surface area contributed by atoms with E-state index in [2.05, 4.69) is 16.2 Å². The smallest absolute Gasteiger partial charge is 0.409 e. The molecule has 2 fully saturated rings. The van der Waals surface area contributed by atoms with Gasteiger partial charge in [0, 0.05) is 25.6 Å². The maximum absolute atomic E-state index is 11.9. The number of amides is 4. The fraction of sp³-hybridized carbons (Fsp3) is 0.714. The zero-order valence-electron chi connectivity index (χ0n) is 13.1. The normalized spacial score (nSPS) is 19.3. The van der Waals surface area contributed by atoms with Crippen molar-refractivity contribution in [3.63, 3.8) is 0 Å².